The molecule has 16 heavy (non-hydrogen) atoms. The number of amides is 1. The van der Waals surface area contributed by atoms with Gasteiger partial charge in [0.1, 0.15) is 6.10 Å². The van der Waals surface area contributed by atoms with Gasteiger partial charge in [-0.25, -0.2) is 0 Å². The van der Waals surface area contributed by atoms with Crippen LogP contribution in [0.1, 0.15) is 12.5 Å². The highest BCUT2D eigenvalue weighted by atomic mass is 16.3. The van der Waals surface area contributed by atoms with Gasteiger partial charge in [-0.2, -0.15) is 0 Å². The van der Waals surface area contributed by atoms with Gasteiger partial charge in [-0.05, 0) is 37.6 Å². The molecule has 1 aromatic rings. The average Bonchev–Trinajstić information content (AvgIpc) is 2.20. The van der Waals surface area contributed by atoms with Crippen molar-refractivity contribution in [1.29, 1.82) is 0 Å². The van der Waals surface area contributed by atoms with Gasteiger partial charge in [0, 0.05) is 25.5 Å². The van der Waals surface area contributed by atoms with Crippen LogP contribution >= 0.6 is 0 Å². The molecule has 1 rings (SSSR count). The summed E-state index contributed by atoms with van der Waals surface area (Å²) in [6.07, 6.45) is -0.993. The van der Waals surface area contributed by atoms with Gasteiger partial charge in [-0.1, -0.05) is 0 Å². The molecule has 1 aromatic carbocycles. The zero-order valence-electron chi connectivity index (χ0n) is 10.1. The minimum atomic E-state index is -0.993. The fourth-order valence-corrected chi connectivity index (χ4v) is 1.30. The van der Waals surface area contributed by atoms with E-state index in [1.807, 2.05) is 44.1 Å². The fourth-order valence-electron chi connectivity index (χ4n) is 1.30. The van der Waals surface area contributed by atoms with Crippen molar-refractivity contribution in [1.82, 2.24) is 0 Å². The number of carbonyl (C=O) groups excluding carboxylic acids is 1. The lowest BCUT2D eigenvalue weighted by Gasteiger charge is -2.16. The number of aliphatic hydroxyl groups is 1. The molecule has 88 valence electrons. The van der Waals surface area contributed by atoms with Crippen molar-refractivity contribution >= 4 is 17.3 Å². The number of aliphatic hydroxyl groups excluding tert-OH is 1. The molecule has 0 bridgehead atoms. The minimum absolute atomic E-state index is 0.388. The number of nitrogens with zero attached hydrogens (tertiary/aromatic N) is 1. The first-order valence-electron chi connectivity index (χ1n) is 5.18. The summed E-state index contributed by atoms with van der Waals surface area (Å²) in [4.78, 5) is 13.3. The Morgan fingerprint density at radius 2 is 2.06 bits per heavy atom. The van der Waals surface area contributed by atoms with Crippen LogP contribution in [0.15, 0.2) is 18.2 Å². The molecule has 2 N–H and O–H groups in total. The third-order valence-corrected chi connectivity index (χ3v) is 2.36. The van der Waals surface area contributed by atoms with Crippen molar-refractivity contribution in [3.8, 4) is 0 Å². The molecule has 1 amide bonds. The number of carbonyl (C=O) groups is 1. The van der Waals surface area contributed by atoms with E-state index in [-0.39, 0.29) is 5.91 Å². The van der Waals surface area contributed by atoms with Crippen LogP contribution in [0.5, 0.6) is 0 Å². The summed E-state index contributed by atoms with van der Waals surface area (Å²) in [7, 11) is 3.92. The minimum Gasteiger partial charge on any atom is -0.384 e. The van der Waals surface area contributed by atoms with Gasteiger partial charge in [0.2, 0.25) is 0 Å². The van der Waals surface area contributed by atoms with Crippen molar-refractivity contribution in [2.24, 2.45) is 0 Å². The molecule has 1 atom stereocenters. The summed E-state index contributed by atoms with van der Waals surface area (Å²) >= 11 is 0. The smallest absolute Gasteiger partial charge is 0.252 e. The Hall–Kier alpha value is -1.55. The summed E-state index contributed by atoms with van der Waals surface area (Å²) in [6.45, 7) is 3.36. The standard InChI is InChI=1S/C12H18N2O2/c1-8-7-10(14(3)4)5-6-11(8)13-12(16)9(2)15/h5-7,9,15H,1-4H3,(H,13,16). The second-order valence-electron chi connectivity index (χ2n) is 4.06. The van der Waals surface area contributed by atoms with Gasteiger partial charge in [-0.15, -0.1) is 0 Å². The van der Waals surface area contributed by atoms with Crippen molar-refractivity contribution in [2.75, 3.05) is 24.3 Å². The number of hydrogen-bond acceptors (Lipinski definition) is 3. The SMILES string of the molecule is Cc1cc(N(C)C)ccc1NC(=O)C(C)O. The Morgan fingerprint density at radius 3 is 2.50 bits per heavy atom. The van der Waals surface area contributed by atoms with Crippen LogP contribution in [-0.2, 0) is 4.79 Å². The molecule has 4 nitrogen and oxygen atoms in total. The zero-order chi connectivity index (χ0) is 12.3. The van der Waals surface area contributed by atoms with Crippen LogP contribution in [0.2, 0.25) is 0 Å². The average molecular weight is 222 g/mol. The maximum atomic E-state index is 11.3. The van der Waals surface area contributed by atoms with Crippen LogP contribution in [0, 0.1) is 6.92 Å². The summed E-state index contributed by atoms with van der Waals surface area (Å²) in [5.41, 5.74) is 2.78. The normalized spacial score (nSPS) is 12.1. The lowest BCUT2D eigenvalue weighted by atomic mass is 10.1. The van der Waals surface area contributed by atoms with Gasteiger partial charge >= 0.3 is 0 Å². The molecule has 0 saturated carbocycles. The van der Waals surface area contributed by atoms with Crippen LogP contribution in [0.4, 0.5) is 11.4 Å². The van der Waals surface area contributed by atoms with E-state index in [1.165, 1.54) is 6.92 Å². The number of rotatable bonds is 3. The van der Waals surface area contributed by atoms with Gasteiger partial charge < -0.3 is 15.3 Å². The summed E-state index contributed by atoms with van der Waals surface area (Å²) in [5, 5.41) is 11.8. The van der Waals surface area contributed by atoms with Gasteiger partial charge in [0.25, 0.3) is 5.91 Å². The Labute approximate surface area is 95.9 Å². The molecule has 0 fully saturated rings. The van der Waals surface area contributed by atoms with Crippen LogP contribution in [0.3, 0.4) is 0 Å². The second kappa shape index (κ2) is 4.99. The molecule has 4 heteroatoms. The second-order valence-corrected chi connectivity index (χ2v) is 4.06. The maximum Gasteiger partial charge on any atom is 0.252 e. The number of anilines is 2. The van der Waals surface area contributed by atoms with Crippen LogP contribution < -0.4 is 10.2 Å². The molecular weight excluding hydrogens is 204 g/mol. The van der Waals surface area contributed by atoms with E-state index >= 15 is 0 Å². The first-order chi connectivity index (χ1) is 7.41. The molecule has 0 aromatic heterocycles. The number of nitrogens with one attached hydrogen (secondary N) is 1. The van der Waals surface area contributed by atoms with E-state index in [0.717, 1.165) is 16.9 Å². The predicted molar refractivity (Wildman–Crippen MR) is 65.8 cm³/mol. The molecule has 0 radical (unpaired) electrons. The number of aryl methyl sites for hydroxylation is 1. The van der Waals surface area contributed by atoms with Crippen molar-refractivity contribution < 1.29 is 9.90 Å². The molecule has 0 saturated heterocycles. The van der Waals surface area contributed by atoms with E-state index in [1.54, 1.807) is 0 Å². The summed E-state index contributed by atoms with van der Waals surface area (Å²) < 4.78 is 0. The highest BCUT2D eigenvalue weighted by Gasteiger charge is 2.10. The lowest BCUT2D eigenvalue weighted by Crippen LogP contribution is -2.24. The van der Waals surface area contributed by atoms with E-state index < -0.39 is 6.10 Å². The monoisotopic (exact) mass is 222 g/mol. The zero-order valence-corrected chi connectivity index (χ0v) is 10.1. The molecule has 1 unspecified atom stereocenters. The van der Waals surface area contributed by atoms with Gasteiger partial charge in [0.05, 0.1) is 0 Å². The largest absolute Gasteiger partial charge is 0.384 e. The lowest BCUT2D eigenvalue weighted by molar-refractivity contribution is -0.123. The van der Waals surface area contributed by atoms with Crippen molar-refractivity contribution in [3.63, 3.8) is 0 Å². The highest BCUT2D eigenvalue weighted by molar-refractivity contribution is 5.94. The third kappa shape index (κ3) is 2.97. The third-order valence-electron chi connectivity index (χ3n) is 2.36. The van der Waals surface area contributed by atoms with E-state index in [0.29, 0.717) is 0 Å². The highest BCUT2D eigenvalue weighted by Crippen LogP contribution is 2.21. The Bertz CT molecular complexity index is 387. The van der Waals surface area contributed by atoms with Crippen molar-refractivity contribution in [3.05, 3.63) is 23.8 Å². The molecule has 0 aliphatic rings. The first-order valence-corrected chi connectivity index (χ1v) is 5.18. The Morgan fingerprint density at radius 1 is 1.44 bits per heavy atom. The summed E-state index contributed by atoms with van der Waals surface area (Å²) in [5.74, 6) is -0.388. The first kappa shape index (κ1) is 12.5. The van der Waals surface area contributed by atoms with E-state index in [9.17, 15) is 4.79 Å². The molecule has 0 aliphatic carbocycles. The quantitative estimate of drug-likeness (QED) is 0.812. The van der Waals surface area contributed by atoms with Crippen molar-refractivity contribution in [2.45, 2.75) is 20.0 Å². The molecule has 0 aliphatic heterocycles. The molecular formula is C12H18N2O2. The van der Waals surface area contributed by atoms with Crippen LogP contribution in [0.25, 0.3) is 0 Å². The number of hydrogen-bond donors (Lipinski definition) is 2. The Balaban J connectivity index is 2.87. The van der Waals surface area contributed by atoms with E-state index in [4.69, 9.17) is 5.11 Å². The molecule has 0 spiro atoms. The Kier molecular flexibility index (Phi) is 3.90. The summed E-state index contributed by atoms with van der Waals surface area (Å²) in [6, 6.07) is 5.74. The maximum absolute atomic E-state index is 11.3. The predicted octanol–water partition coefficient (Wildman–Crippen LogP) is 1.38. The number of benzene rings is 1. The van der Waals surface area contributed by atoms with Gasteiger partial charge in [-0.3, -0.25) is 4.79 Å². The molecule has 0 heterocycles. The topological polar surface area (TPSA) is 52.6 Å². The fraction of sp³-hybridized carbons (Fsp3) is 0.417. The van der Waals surface area contributed by atoms with E-state index in [2.05, 4.69) is 5.32 Å². The van der Waals surface area contributed by atoms with Gasteiger partial charge in [0.15, 0.2) is 0 Å². The van der Waals surface area contributed by atoms with Crippen LogP contribution in [-0.4, -0.2) is 31.2 Å².